The molecule has 3 heterocycles. The van der Waals surface area contributed by atoms with Gasteiger partial charge in [-0.05, 0) is 47.0 Å². The van der Waals surface area contributed by atoms with Crippen LogP contribution in [-0.2, 0) is 11.5 Å². The Labute approximate surface area is 175 Å². The van der Waals surface area contributed by atoms with Crippen molar-refractivity contribution in [2.24, 2.45) is 5.92 Å². The highest BCUT2D eigenvalue weighted by Crippen LogP contribution is 2.23. The molecule has 1 N–H and O–H groups in total. The fourth-order valence-corrected chi connectivity index (χ4v) is 3.74. The van der Waals surface area contributed by atoms with Gasteiger partial charge in [-0.25, -0.2) is 4.98 Å². The van der Waals surface area contributed by atoms with Crippen molar-refractivity contribution < 1.29 is 9.72 Å². The van der Waals surface area contributed by atoms with E-state index in [1.165, 1.54) is 12.1 Å². The van der Waals surface area contributed by atoms with Gasteiger partial charge in [0.25, 0.3) is 5.69 Å². The van der Waals surface area contributed by atoms with Gasteiger partial charge >= 0.3 is 0 Å². The lowest BCUT2D eigenvalue weighted by molar-refractivity contribution is -0.384. The number of hydrogen-bond donors (Lipinski definition) is 1. The molecule has 2 aromatic heterocycles. The molecule has 1 aliphatic rings. The van der Waals surface area contributed by atoms with Gasteiger partial charge in [0.05, 0.1) is 23.3 Å². The number of amides is 1. The first-order chi connectivity index (χ1) is 14.0. The number of non-ortho nitro benzene ring substituents is 1. The number of halogens is 1. The van der Waals surface area contributed by atoms with Gasteiger partial charge in [-0.3, -0.25) is 24.5 Å². The number of nitrogens with one attached hydrogen (secondary N) is 1. The molecular weight excluding hydrogens is 440 g/mol. The summed E-state index contributed by atoms with van der Waals surface area (Å²) < 4.78 is 2.70. The molecule has 1 amide bonds. The highest BCUT2D eigenvalue weighted by atomic mass is 79.9. The van der Waals surface area contributed by atoms with Crippen molar-refractivity contribution in [1.82, 2.24) is 19.7 Å². The van der Waals surface area contributed by atoms with Gasteiger partial charge in [-0.15, -0.1) is 0 Å². The van der Waals surface area contributed by atoms with Gasteiger partial charge in [-0.2, -0.15) is 5.10 Å². The summed E-state index contributed by atoms with van der Waals surface area (Å²) in [6, 6.07) is 8.36. The Kier molecular flexibility index (Phi) is 5.54. The van der Waals surface area contributed by atoms with Crippen LogP contribution in [0.1, 0.15) is 12.8 Å². The Hall–Kier alpha value is -2.85. The van der Waals surface area contributed by atoms with E-state index in [1.54, 1.807) is 24.5 Å². The van der Waals surface area contributed by atoms with Gasteiger partial charge in [0, 0.05) is 47.2 Å². The number of carbonyl (C=O) groups excluding carboxylic acids is 1. The van der Waals surface area contributed by atoms with Crippen molar-refractivity contribution in [2.45, 2.75) is 19.5 Å². The predicted octanol–water partition coefficient (Wildman–Crippen LogP) is 3.41. The summed E-state index contributed by atoms with van der Waals surface area (Å²) in [5, 5.41) is 18.9. The Morgan fingerprint density at radius 1 is 1.24 bits per heavy atom. The van der Waals surface area contributed by atoms with Gasteiger partial charge in [0.2, 0.25) is 5.91 Å². The molecule has 0 spiro atoms. The maximum atomic E-state index is 12.5. The van der Waals surface area contributed by atoms with Crippen LogP contribution in [0.25, 0.3) is 10.9 Å². The van der Waals surface area contributed by atoms with Gasteiger partial charge < -0.3 is 5.32 Å². The molecule has 0 atom stereocenters. The molecule has 150 valence electrons. The monoisotopic (exact) mass is 458 g/mol. The van der Waals surface area contributed by atoms with Crippen molar-refractivity contribution >= 4 is 44.2 Å². The van der Waals surface area contributed by atoms with Crippen LogP contribution in [0.3, 0.4) is 0 Å². The number of carbonyl (C=O) groups is 1. The molecule has 1 aromatic carbocycles. The first-order valence-electron chi connectivity index (χ1n) is 9.24. The number of aromatic nitrogens is 3. The molecule has 0 aliphatic carbocycles. The second-order valence-electron chi connectivity index (χ2n) is 7.03. The summed E-state index contributed by atoms with van der Waals surface area (Å²) in [4.78, 5) is 29.4. The molecule has 1 saturated heterocycles. The minimum Gasteiger partial charge on any atom is -0.310 e. The maximum absolute atomic E-state index is 12.5. The van der Waals surface area contributed by atoms with E-state index in [9.17, 15) is 14.9 Å². The Balaban J connectivity index is 1.34. The average Bonchev–Trinajstić information content (AvgIpc) is 3.12. The lowest BCUT2D eigenvalue weighted by atomic mass is 9.96. The van der Waals surface area contributed by atoms with E-state index < -0.39 is 4.92 Å². The quantitative estimate of drug-likeness (QED) is 0.463. The zero-order valence-corrected chi connectivity index (χ0v) is 17.1. The Morgan fingerprint density at radius 3 is 2.72 bits per heavy atom. The van der Waals surface area contributed by atoms with E-state index in [2.05, 4.69) is 36.2 Å². The number of likely N-dealkylation sites (tertiary alicyclic amines) is 1. The van der Waals surface area contributed by atoms with Gasteiger partial charge in [0.1, 0.15) is 5.82 Å². The minimum atomic E-state index is -0.406. The van der Waals surface area contributed by atoms with Crippen LogP contribution in [0.2, 0.25) is 0 Å². The number of piperidine rings is 1. The highest BCUT2D eigenvalue weighted by molar-refractivity contribution is 9.10. The van der Waals surface area contributed by atoms with E-state index in [4.69, 9.17) is 0 Å². The van der Waals surface area contributed by atoms with Crippen molar-refractivity contribution in [3.05, 3.63) is 57.3 Å². The molecule has 1 aliphatic heterocycles. The van der Waals surface area contributed by atoms with E-state index in [-0.39, 0.29) is 17.5 Å². The number of nitro groups is 1. The average molecular weight is 459 g/mol. The number of hydrogen-bond acceptors (Lipinski definition) is 6. The van der Waals surface area contributed by atoms with Crippen LogP contribution in [0.5, 0.6) is 0 Å². The summed E-state index contributed by atoms with van der Waals surface area (Å²) in [6.07, 6.45) is 4.81. The van der Waals surface area contributed by atoms with Crippen LogP contribution in [0.15, 0.2) is 47.2 Å². The van der Waals surface area contributed by atoms with Crippen LogP contribution < -0.4 is 5.32 Å². The smallest absolute Gasteiger partial charge is 0.270 e. The van der Waals surface area contributed by atoms with Crippen LogP contribution in [0, 0.1) is 16.0 Å². The SMILES string of the molecule is O=C(Nc1ccc(Br)cn1)C1CCN(Cn2ncc3cc([N+](=O)[O-])ccc32)CC1. The summed E-state index contributed by atoms with van der Waals surface area (Å²) in [6.45, 7) is 2.14. The Morgan fingerprint density at radius 2 is 2.03 bits per heavy atom. The van der Waals surface area contributed by atoms with E-state index in [0.717, 1.165) is 41.3 Å². The lowest BCUT2D eigenvalue weighted by Gasteiger charge is -2.31. The third-order valence-electron chi connectivity index (χ3n) is 5.11. The number of pyridine rings is 1. The van der Waals surface area contributed by atoms with Crippen molar-refractivity contribution in [3.63, 3.8) is 0 Å². The number of nitro benzene ring substituents is 1. The molecule has 0 bridgehead atoms. The number of fused-ring (bicyclic) bond motifs is 1. The molecule has 3 aromatic rings. The predicted molar refractivity (Wildman–Crippen MR) is 111 cm³/mol. The molecule has 4 rings (SSSR count). The first kappa shape index (κ1) is 19.5. The molecule has 9 nitrogen and oxygen atoms in total. The fourth-order valence-electron chi connectivity index (χ4n) is 3.50. The number of nitrogens with zero attached hydrogens (tertiary/aromatic N) is 5. The topological polar surface area (TPSA) is 106 Å². The molecular formula is C19H19BrN6O3. The van der Waals surface area contributed by atoms with Gasteiger partial charge in [0.15, 0.2) is 0 Å². The number of rotatable bonds is 5. The zero-order valence-electron chi connectivity index (χ0n) is 15.5. The largest absolute Gasteiger partial charge is 0.310 e. The van der Waals surface area contributed by atoms with Crippen LogP contribution in [0.4, 0.5) is 11.5 Å². The minimum absolute atomic E-state index is 0.00341. The fraction of sp³-hybridized carbons (Fsp3) is 0.316. The second kappa shape index (κ2) is 8.26. The lowest BCUT2D eigenvalue weighted by Crippen LogP contribution is -2.39. The maximum Gasteiger partial charge on any atom is 0.270 e. The zero-order chi connectivity index (χ0) is 20.4. The summed E-state index contributed by atoms with van der Waals surface area (Å²) >= 11 is 3.33. The molecule has 0 radical (unpaired) electrons. The summed E-state index contributed by atoms with van der Waals surface area (Å²) in [7, 11) is 0. The van der Waals surface area contributed by atoms with Crippen LogP contribution >= 0.6 is 15.9 Å². The summed E-state index contributed by atoms with van der Waals surface area (Å²) in [5.74, 6) is 0.503. The Bertz CT molecular complexity index is 1040. The molecule has 1 fully saturated rings. The molecule has 0 unspecified atom stereocenters. The molecule has 10 heteroatoms. The van der Waals surface area contributed by atoms with E-state index in [1.807, 2.05) is 10.7 Å². The highest BCUT2D eigenvalue weighted by Gasteiger charge is 2.25. The first-order valence-corrected chi connectivity index (χ1v) is 10.0. The van der Waals surface area contributed by atoms with Gasteiger partial charge in [-0.1, -0.05) is 0 Å². The standard InChI is InChI=1S/C19H19BrN6O3/c20-15-1-4-18(21-11-15)23-19(27)13-5-7-24(8-6-13)12-25-17-3-2-16(26(28)29)9-14(17)10-22-25/h1-4,9-11,13H,5-8,12H2,(H,21,23,27). The van der Waals surface area contributed by atoms with E-state index >= 15 is 0 Å². The van der Waals surface area contributed by atoms with Crippen molar-refractivity contribution in [3.8, 4) is 0 Å². The summed E-state index contributed by atoms with van der Waals surface area (Å²) in [5.41, 5.74) is 0.918. The van der Waals surface area contributed by atoms with Crippen LogP contribution in [-0.4, -0.2) is 43.6 Å². The van der Waals surface area contributed by atoms with E-state index in [0.29, 0.717) is 12.5 Å². The molecule has 29 heavy (non-hydrogen) atoms. The number of benzene rings is 1. The molecule has 0 saturated carbocycles. The third kappa shape index (κ3) is 4.43. The second-order valence-corrected chi connectivity index (χ2v) is 7.94. The van der Waals surface area contributed by atoms with Crippen molar-refractivity contribution in [1.29, 1.82) is 0 Å². The van der Waals surface area contributed by atoms with Crippen molar-refractivity contribution in [2.75, 3.05) is 18.4 Å². The normalized spacial score (nSPS) is 15.5. The third-order valence-corrected chi connectivity index (χ3v) is 5.58. The number of anilines is 1.